The fraction of sp³-hybridized carbons (Fsp3) is 0.150. The van der Waals surface area contributed by atoms with Gasteiger partial charge in [0, 0.05) is 24.4 Å². The van der Waals surface area contributed by atoms with Crippen LogP contribution in [0.15, 0.2) is 67.0 Å². The average Bonchev–Trinajstić information content (AvgIpc) is 2.67. The van der Waals surface area contributed by atoms with Crippen LogP contribution in [0, 0.1) is 0 Å². The van der Waals surface area contributed by atoms with E-state index in [0.29, 0.717) is 12.0 Å². The minimum absolute atomic E-state index is 0.335. The fourth-order valence-electron chi connectivity index (χ4n) is 2.68. The number of pyridine rings is 1. The number of rotatable bonds is 5. The van der Waals surface area contributed by atoms with Crippen molar-refractivity contribution in [3.05, 3.63) is 78.1 Å². The molecule has 0 unspecified atom stereocenters. The van der Waals surface area contributed by atoms with E-state index in [1.54, 1.807) is 12.1 Å². The first-order valence-corrected chi connectivity index (χ1v) is 7.94. The largest absolute Gasteiger partial charge is 0.467 e. The summed E-state index contributed by atoms with van der Waals surface area (Å²) in [5.74, 6) is -0.811. The van der Waals surface area contributed by atoms with Gasteiger partial charge in [0.25, 0.3) is 5.91 Å². The summed E-state index contributed by atoms with van der Waals surface area (Å²) in [6.45, 7) is 0. The monoisotopic (exact) mass is 334 g/mol. The van der Waals surface area contributed by atoms with Crippen LogP contribution in [0.25, 0.3) is 10.8 Å². The zero-order valence-electron chi connectivity index (χ0n) is 13.8. The lowest BCUT2D eigenvalue weighted by Crippen LogP contribution is -2.43. The van der Waals surface area contributed by atoms with Crippen LogP contribution in [0.1, 0.15) is 15.9 Å². The van der Waals surface area contributed by atoms with Crippen molar-refractivity contribution in [1.29, 1.82) is 0 Å². The summed E-state index contributed by atoms with van der Waals surface area (Å²) in [4.78, 5) is 28.3. The Kier molecular flexibility index (Phi) is 5.04. The van der Waals surface area contributed by atoms with Gasteiger partial charge in [0.1, 0.15) is 6.04 Å². The number of amides is 1. The highest BCUT2D eigenvalue weighted by atomic mass is 16.5. The molecule has 1 N–H and O–H groups in total. The number of benzene rings is 2. The van der Waals surface area contributed by atoms with Gasteiger partial charge in [-0.05, 0) is 28.5 Å². The van der Waals surface area contributed by atoms with Gasteiger partial charge in [-0.3, -0.25) is 9.78 Å². The summed E-state index contributed by atoms with van der Waals surface area (Å²) < 4.78 is 4.84. The molecule has 1 heterocycles. The van der Waals surface area contributed by atoms with E-state index < -0.39 is 12.0 Å². The molecule has 0 aliphatic heterocycles. The highest BCUT2D eigenvalue weighted by Gasteiger charge is 2.22. The zero-order chi connectivity index (χ0) is 17.6. The second-order valence-electron chi connectivity index (χ2n) is 5.67. The zero-order valence-corrected chi connectivity index (χ0v) is 13.8. The molecule has 0 aliphatic carbocycles. The molecular formula is C20H18N2O3. The highest BCUT2D eigenvalue weighted by Crippen LogP contribution is 2.17. The van der Waals surface area contributed by atoms with Gasteiger partial charge in [-0.2, -0.15) is 0 Å². The van der Waals surface area contributed by atoms with Gasteiger partial charge in [-0.1, -0.05) is 42.5 Å². The predicted molar refractivity (Wildman–Crippen MR) is 95.2 cm³/mol. The number of aromatic nitrogens is 1. The number of methoxy groups -OCH3 is 1. The topological polar surface area (TPSA) is 68.3 Å². The van der Waals surface area contributed by atoms with E-state index in [1.807, 2.05) is 42.5 Å². The third-order valence-electron chi connectivity index (χ3n) is 3.99. The Hall–Kier alpha value is -3.21. The summed E-state index contributed by atoms with van der Waals surface area (Å²) >= 11 is 0. The molecular weight excluding hydrogens is 316 g/mol. The molecule has 0 bridgehead atoms. The number of nitrogens with one attached hydrogen (secondary N) is 1. The Bertz CT molecular complexity index is 894. The van der Waals surface area contributed by atoms with Crippen LogP contribution in [-0.2, 0) is 16.0 Å². The van der Waals surface area contributed by atoms with E-state index in [4.69, 9.17) is 4.74 Å². The van der Waals surface area contributed by atoms with Crippen LogP contribution in [0.4, 0.5) is 0 Å². The quantitative estimate of drug-likeness (QED) is 0.729. The molecule has 1 atom stereocenters. The van der Waals surface area contributed by atoms with Crippen LogP contribution in [0.5, 0.6) is 0 Å². The predicted octanol–water partition coefficient (Wildman–Crippen LogP) is 2.75. The van der Waals surface area contributed by atoms with Crippen LogP contribution >= 0.6 is 0 Å². The first-order valence-electron chi connectivity index (χ1n) is 7.94. The molecule has 3 aromatic rings. The van der Waals surface area contributed by atoms with Gasteiger partial charge in [-0.15, -0.1) is 0 Å². The molecule has 25 heavy (non-hydrogen) atoms. The molecule has 0 fully saturated rings. The number of nitrogens with zero attached hydrogens (tertiary/aromatic N) is 1. The van der Waals surface area contributed by atoms with Crippen molar-refractivity contribution in [2.75, 3.05) is 7.11 Å². The minimum atomic E-state index is -0.758. The number of hydrogen-bond donors (Lipinski definition) is 1. The van der Waals surface area contributed by atoms with Gasteiger partial charge in [0.05, 0.1) is 7.11 Å². The van der Waals surface area contributed by atoms with Crippen LogP contribution in [0.3, 0.4) is 0 Å². The number of ether oxygens (including phenoxy) is 1. The van der Waals surface area contributed by atoms with Gasteiger partial charge in [0.2, 0.25) is 0 Å². The summed E-state index contributed by atoms with van der Waals surface area (Å²) in [5.41, 5.74) is 1.39. The van der Waals surface area contributed by atoms with E-state index >= 15 is 0 Å². The van der Waals surface area contributed by atoms with Crippen molar-refractivity contribution in [2.45, 2.75) is 12.5 Å². The molecule has 5 heteroatoms. The Balaban J connectivity index is 1.80. The second-order valence-corrected chi connectivity index (χ2v) is 5.67. The summed E-state index contributed by atoms with van der Waals surface area (Å²) in [6.07, 6.45) is 3.42. The Labute approximate surface area is 145 Å². The third kappa shape index (κ3) is 4.01. The van der Waals surface area contributed by atoms with Gasteiger partial charge in [-0.25, -0.2) is 4.79 Å². The maximum atomic E-state index is 12.3. The average molecular weight is 334 g/mol. The maximum Gasteiger partial charge on any atom is 0.328 e. The maximum absolute atomic E-state index is 12.3. The Morgan fingerprint density at radius 2 is 1.76 bits per heavy atom. The molecule has 0 saturated heterocycles. The van der Waals surface area contributed by atoms with Crippen molar-refractivity contribution < 1.29 is 14.3 Å². The summed E-state index contributed by atoms with van der Waals surface area (Å²) in [6, 6.07) is 16.4. The van der Waals surface area contributed by atoms with E-state index in [-0.39, 0.29) is 5.91 Å². The van der Waals surface area contributed by atoms with E-state index in [2.05, 4.69) is 10.3 Å². The number of carbonyl (C=O) groups excluding carboxylic acids is 2. The smallest absolute Gasteiger partial charge is 0.328 e. The lowest BCUT2D eigenvalue weighted by molar-refractivity contribution is -0.142. The standard InChI is InChI=1S/C20H18N2O3/c1-25-20(24)18(22-19(23)16-8-10-21-11-9-16)13-14-6-7-15-4-2-3-5-17(15)12-14/h2-12,18H,13H2,1H3,(H,22,23)/t18-/m1/s1. The van der Waals surface area contributed by atoms with Crippen LogP contribution < -0.4 is 5.32 Å². The van der Waals surface area contributed by atoms with Gasteiger partial charge < -0.3 is 10.1 Å². The van der Waals surface area contributed by atoms with Crippen molar-refractivity contribution in [3.8, 4) is 0 Å². The molecule has 5 nitrogen and oxygen atoms in total. The fourth-order valence-corrected chi connectivity index (χ4v) is 2.68. The number of esters is 1. The number of fused-ring (bicyclic) bond motifs is 1. The van der Waals surface area contributed by atoms with Crippen molar-refractivity contribution in [3.63, 3.8) is 0 Å². The molecule has 1 amide bonds. The number of carbonyl (C=O) groups is 2. The third-order valence-corrected chi connectivity index (χ3v) is 3.99. The van der Waals surface area contributed by atoms with E-state index in [0.717, 1.165) is 16.3 Å². The van der Waals surface area contributed by atoms with Gasteiger partial charge >= 0.3 is 5.97 Å². The molecule has 0 radical (unpaired) electrons. The second kappa shape index (κ2) is 7.57. The summed E-state index contributed by atoms with van der Waals surface area (Å²) in [5, 5.41) is 4.95. The van der Waals surface area contributed by atoms with Crippen molar-refractivity contribution >= 4 is 22.6 Å². The Morgan fingerprint density at radius 1 is 1.04 bits per heavy atom. The van der Waals surface area contributed by atoms with Gasteiger partial charge in [0.15, 0.2) is 0 Å². The van der Waals surface area contributed by atoms with E-state index in [9.17, 15) is 9.59 Å². The molecule has 3 rings (SSSR count). The molecule has 1 aromatic heterocycles. The molecule has 126 valence electrons. The molecule has 0 spiro atoms. The van der Waals surface area contributed by atoms with Crippen LogP contribution in [-0.4, -0.2) is 30.0 Å². The number of hydrogen-bond acceptors (Lipinski definition) is 4. The normalized spacial score (nSPS) is 11.7. The lowest BCUT2D eigenvalue weighted by atomic mass is 10.0. The van der Waals surface area contributed by atoms with Crippen molar-refractivity contribution in [2.24, 2.45) is 0 Å². The molecule has 0 aliphatic rings. The molecule has 2 aromatic carbocycles. The minimum Gasteiger partial charge on any atom is -0.467 e. The SMILES string of the molecule is COC(=O)[C@@H](Cc1ccc2ccccc2c1)NC(=O)c1ccncc1. The highest BCUT2D eigenvalue weighted by molar-refractivity contribution is 5.96. The van der Waals surface area contributed by atoms with Crippen molar-refractivity contribution in [1.82, 2.24) is 10.3 Å². The Morgan fingerprint density at radius 3 is 2.48 bits per heavy atom. The lowest BCUT2D eigenvalue weighted by Gasteiger charge is -2.17. The summed E-state index contributed by atoms with van der Waals surface area (Å²) in [7, 11) is 1.31. The first-order chi connectivity index (χ1) is 12.2. The molecule has 0 saturated carbocycles. The first kappa shape index (κ1) is 16.6. The van der Waals surface area contributed by atoms with Crippen LogP contribution in [0.2, 0.25) is 0 Å². The van der Waals surface area contributed by atoms with E-state index in [1.165, 1.54) is 19.5 Å².